The molecule has 1 amide bonds. The van der Waals surface area contributed by atoms with Crippen LogP contribution in [0.1, 0.15) is 41.4 Å². The predicted octanol–water partition coefficient (Wildman–Crippen LogP) is 4.72. The van der Waals surface area contributed by atoms with Gasteiger partial charge in [-0.1, -0.05) is 54.6 Å². The van der Waals surface area contributed by atoms with Crippen LogP contribution in [0, 0.1) is 5.82 Å². The highest BCUT2D eigenvalue weighted by Crippen LogP contribution is 2.31. The summed E-state index contributed by atoms with van der Waals surface area (Å²) in [5.41, 5.74) is 3.38. The SMILES string of the molecule is O=C(Cc1ccccc1)N1CCC[C@H]1c1cccc(Cc2ccccc2F)n1. The normalized spacial score (nSPS) is 16.3. The van der Waals surface area contributed by atoms with Gasteiger partial charge in [-0.3, -0.25) is 9.78 Å². The lowest BCUT2D eigenvalue weighted by atomic mass is 10.1. The van der Waals surface area contributed by atoms with Gasteiger partial charge in [-0.15, -0.1) is 0 Å². The molecule has 0 N–H and O–H groups in total. The number of carbonyl (C=O) groups excluding carboxylic acids is 1. The van der Waals surface area contributed by atoms with Crippen LogP contribution < -0.4 is 0 Å². The molecule has 4 rings (SSSR count). The molecule has 1 aromatic heterocycles. The zero-order chi connectivity index (χ0) is 19.3. The van der Waals surface area contributed by atoms with Gasteiger partial charge in [0, 0.05) is 18.7 Å². The van der Waals surface area contributed by atoms with Gasteiger partial charge in [-0.05, 0) is 42.2 Å². The first-order valence-corrected chi connectivity index (χ1v) is 9.73. The summed E-state index contributed by atoms with van der Waals surface area (Å²) in [5, 5.41) is 0. The number of amides is 1. The van der Waals surface area contributed by atoms with E-state index in [1.807, 2.05) is 59.5 Å². The molecule has 1 saturated heterocycles. The summed E-state index contributed by atoms with van der Waals surface area (Å²) in [5.74, 6) is -0.0785. The average Bonchev–Trinajstić information content (AvgIpc) is 3.21. The predicted molar refractivity (Wildman–Crippen MR) is 107 cm³/mol. The number of hydrogen-bond donors (Lipinski definition) is 0. The van der Waals surface area contributed by atoms with Crippen LogP contribution in [0.15, 0.2) is 72.8 Å². The van der Waals surface area contributed by atoms with Crippen molar-refractivity contribution in [2.75, 3.05) is 6.54 Å². The summed E-state index contributed by atoms with van der Waals surface area (Å²) in [6.45, 7) is 0.759. The molecule has 0 unspecified atom stereocenters. The Morgan fingerprint density at radius 1 is 1.00 bits per heavy atom. The molecular weight excluding hydrogens is 351 g/mol. The zero-order valence-electron chi connectivity index (χ0n) is 15.7. The summed E-state index contributed by atoms with van der Waals surface area (Å²) in [7, 11) is 0. The van der Waals surface area contributed by atoms with Crippen molar-refractivity contribution in [1.29, 1.82) is 0 Å². The van der Waals surface area contributed by atoms with Crippen molar-refractivity contribution in [3.8, 4) is 0 Å². The van der Waals surface area contributed by atoms with Crippen molar-refractivity contribution in [3.05, 3.63) is 101 Å². The third-order valence-corrected chi connectivity index (χ3v) is 5.27. The van der Waals surface area contributed by atoms with E-state index in [0.717, 1.165) is 36.3 Å². The second-order valence-electron chi connectivity index (χ2n) is 7.23. The number of carbonyl (C=O) groups is 1. The Labute approximate surface area is 164 Å². The number of pyridine rings is 1. The Balaban J connectivity index is 1.51. The number of hydrogen-bond acceptors (Lipinski definition) is 2. The van der Waals surface area contributed by atoms with Crippen molar-refractivity contribution in [1.82, 2.24) is 9.88 Å². The maximum Gasteiger partial charge on any atom is 0.227 e. The fraction of sp³-hybridized carbons (Fsp3) is 0.250. The molecule has 3 aromatic rings. The van der Waals surface area contributed by atoms with E-state index < -0.39 is 0 Å². The minimum absolute atomic E-state index is 0.00298. The number of likely N-dealkylation sites (tertiary alicyclic amines) is 1. The highest BCUT2D eigenvalue weighted by Gasteiger charge is 2.30. The first-order chi connectivity index (χ1) is 13.7. The molecule has 1 aliphatic rings. The first-order valence-electron chi connectivity index (χ1n) is 9.73. The second-order valence-corrected chi connectivity index (χ2v) is 7.23. The molecule has 2 heterocycles. The van der Waals surface area contributed by atoms with E-state index in [-0.39, 0.29) is 17.8 Å². The van der Waals surface area contributed by atoms with Gasteiger partial charge in [0.2, 0.25) is 5.91 Å². The smallest absolute Gasteiger partial charge is 0.227 e. The third-order valence-electron chi connectivity index (χ3n) is 5.27. The Morgan fingerprint density at radius 3 is 2.61 bits per heavy atom. The minimum Gasteiger partial charge on any atom is -0.334 e. The fourth-order valence-electron chi connectivity index (χ4n) is 3.86. The largest absolute Gasteiger partial charge is 0.334 e. The van der Waals surface area contributed by atoms with E-state index in [1.165, 1.54) is 6.07 Å². The van der Waals surface area contributed by atoms with E-state index in [2.05, 4.69) is 0 Å². The van der Waals surface area contributed by atoms with Crippen molar-refractivity contribution < 1.29 is 9.18 Å². The average molecular weight is 374 g/mol. The van der Waals surface area contributed by atoms with Crippen molar-refractivity contribution in [2.45, 2.75) is 31.7 Å². The summed E-state index contributed by atoms with van der Waals surface area (Å²) in [4.78, 5) is 19.6. The highest BCUT2D eigenvalue weighted by atomic mass is 19.1. The molecule has 0 spiro atoms. The number of nitrogens with zero attached hydrogens (tertiary/aromatic N) is 2. The molecule has 4 heteroatoms. The van der Waals surface area contributed by atoms with E-state index in [1.54, 1.807) is 12.1 Å². The standard InChI is InChI=1S/C24H23FN2O/c25-21-12-5-4-10-19(21)17-20-11-6-13-22(26-20)23-14-7-15-27(23)24(28)16-18-8-2-1-3-9-18/h1-6,8-13,23H,7,14-17H2/t23-/m0/s1. The molecule has 1 aliphatic heterocycles. The zero-order valence-corrected chi connectivity index (χ0v) is 15.7. The van der Waals surface area contributed by atoms with Crippen LogP contribution in [0.5, 0.6) is 0 Å². The van der Waals surface area contributed by atoms with E-state index >= 15 is 0 Å². The minimum atomic E-state index is -0.213. The topological polar surface area (TPSA) is 33.2 Å². The highest BCUT2D eigenvalue weighted by molar-refractivity contribution is 5.79. The summed E-state index contributed by atoms with van der Waals surface area (Å²) >= 11 is 0. The van der Waals surface area contributed by atoms with Crippen LogP contribution in [-0.2, 0) is 17.6 Å². The molecule has 142 valence electrons. The Kier molecular flexibility index (Phi) is 5.47. The molecular formula is C24H23FN2O. The molecule has 0 saturated carbocycles. The molecule has 2 aromatic carbocycles. The van der Waals surface area contributed by atoms with Crippen molar-refractivity contribution in [3.63, 3.8) is 0 Å². The van der Waals surface area contributed by atoms with E-state index in [0.29, 0.717) is 18.4 Å². The van der Waals surface area contributed by atoms with Crippen LogP contribution in [0.2, 0.25) is 0 Å². The number of rotatable bonds is 5. The van der Waals surface area contributed by atoms with E-state index in [4.69, 9.17) is 4.98 Å². The summed E-state index contributed by atoms with van der Waals surface area (Å²) < 4.78 is 14.0. The molecule has 1 atom stereocenters. The Hall–Kier alpha value is -3.01. The maximum absolute atomic E-state index is 14.0. The van der Waals surface area contributed by atoms with Crippen molar-refractivity contribution >= 4 is 5.91 Å². The first kappa shape index (κ1) is 18.4. The van der Waals surface area contributed by atoms with Gasteiger partial charge < -0.3 is 4.90 Å². The van der Waals surface area contributed by atoms with Gasteiger partial charge in [-0.25, -0.2) is 4.39 Å². The van der Waals surface area contributed by atoms with Crippen LogP contribution in [0.25, 0.3) is 0 Å². The van der Waals surface area contributed by atoms with Gasteiger partial charge >= 0.3 is 0 Å². The molecule has 1 fully saturated rings. The monoisotopic (exact) mass is 374 g/mol. The molecule has 0 bridgehead atoms. The lowest BCUT2D eigenvalue weighted by Crippen LogP contribution is -2.32. The molecule has 0 radical (unpaired) electrons. The lowest BCUT2D eigenvalue weighted by Gasteiger charge is -2.25. The van der Waals surface area contributed by atoms with Crippen LogP contribution in [-0.4, -0.2) is 22.3 Å². The van der Waals surface area contributed by atoms with Crippen LogP contribution >= 0.6 is 0 Å². The van der Waals surface area contributed by atoms with Gasteiger partial charge in [-0.2, -0.15) is 0 Å². The number of halogens is 1. The molecule has 0 aliphatic carbocycles. The molecule has 28 heavy (non-hydrogen) atoms. The summed E-state index contributed by atoms with van der Waals surface area (Å²) in [6.07, 6.45) is 2.75. The third kappa shape index (κ3) is 4.11. The Bertz CT molecular complexity index is 958. The van der Waals surface area contributed by atoms with Gasteiger partial charge in [0.1, 0.15) is 5.82 Å². The quantitative estimate of drug-likeness (QED) is 0.648. The summed E-state index contributed by atoms with van der Waals surface area (Å²) in [6, 6.07) is 22.5. The lowest BCUT2D eigenvalue weighted by molar-refractivity contribution is -0.131. The number of benzene rings is 2. The van der Waals surface area contributed by atoms with Crippen LogP contribution in [0.4, 0.5) is 4.39 Å². The number of aromatic nitrogens is 1. The van der Waals surface area contributed by atoms with Crippen molar-refractivity contribution in [2.24, 2.45) is 0 Å². The van der Waals surface area contributed by atoms with Gasteiger partial charge in [0.15, 0.2) is 0 Å². The molecule has 3 nitrogen and oxygen atoms in total. The van der Waals surface area contributed by atoms with E-state index in [9.17, 15) is 9.18 Å². The van der Waals surface area contributed by atoms with Crippen LogP contribution in [0.3, 0.4) is 0 Å². The maximum atomic E-state index is 14.0. The Morgan fingerprint density at radius 2 is 1.79 bits per heavy atom. The fourth-order valence-corrected chi connectivity index (χ4v) is 3.86. The van der Waals surface area contributed by atoms with Gasteiger partial charge in [0.25, 0.3) is 0 Å². The second kappa shape index (κ2) is 8.34. The van der Waals surface area contributed by atoms with Gasteiger partial charge in [0.05, 0.1) is 18.2 Å².